The molecule has 2 N–H and O–H groups in total. The van der Waals surface area contributed by atoms with Gasteiger partial charge in [-0.2, -0.15) is 0 Å². The topological polar surface area (TPSA) is 66.0 Å². The summed E-state index contributed by atoms with van der Waals surface area (Å²) in [7, 11) is 0. The Balaban J connectivity index is 2.62. The maximum Gasteiger partial charge on any atom is 0.354 e. The lowest BCUT2D eigenvalue weighted by Gasteiger charge is -2.01. The van der Waals surface area contributed by atoms with E-state index in [1.54, 1.807) is 0 Å². The maximum atomic E-state index is 13.4. The van der Waals surface area contributed by atoms with Gasteiger partial charge < -0.3 is 10.1 Å². The third kappa shape index (κ3) is 1.65. The molecule has 0 atom stereocenters. The fourth-order valence-electron chi connectivity index (χ4n) is 1.34. The zero-order valence-electron chi connectivity index (χ0n) is 7.87. The van der Waals surface area contributed by atoms with Gasteiger partial charge in [0.05, 0.1) is 6.33 Å². The number of hydrogen-bond donors (Lipinski definition) is 2. The van der Waals surface area contributed by atoms with Crippen molar-refractivity contribution in [3.8, 4) is 11.3 Å². The molecule has 1 heterocycles. The molecule has 0 unspecified atom stereocenters. The second-order valence-corrected chi connectivity index (χ2v) is 3.06. The van der Waals surface area contributed by atoms with Crippen LogP contribution in [0.1, 0.15) is 10.5 Å². The van der Waals surface area contributed by atoms with Gasteiger partial charge in [-0.15, -0.1) is 0 Å². The quantitative estimate of drug-likeness (QED) is 0.820. The van der Waals surface area contributed by atoms with E-state index >= 15 is 0 Å². The molecule has 6 heteroatoms. The van der Waals surface area contributed by atoms with Crippen LogP contribution < -0.4 is 0 Å². The summed E-state index contributed by atoms with van der Waals surface area (Å²) in [6, 6.07) is 2.77. The highest BCUT2D eigenvalue weighted by Gasteiger charge is 2.17. The molecule has 4 nitrogen and oxygen atoms in total. The summed E-state index contributed by atoms with van der Waals surface area (Å²) in [6.45, 7) is 0. The number of carboxylic acids is 1. The van der Waals surface area contributed by atoms with Gasteiger partial charge in [0.15, 0.2) is 5.69 Å². The van der Waals surface area contributed by atoms with Gasteiger partial charge in [0, 0.05) is 5.56 Å². The highest BCUT2D eigenvalue weighted by molar-refractivity contribution is 5.92. The Kier molecular flexibility index (Phi) is 2.40. The average Bonchev–Trinajstić information content (AvgIpc) is 2.70. The summed E-state index contributed by atoms with van der Waals surface area (Å²) in [5.74, 6) is -2.66. The van der Waals surface area contributed by atoms with Crippen molar-refractivity contribution in [3.63, 3.8) is 0 Å². The van der Waals surface area contributed by atoms with Crippen molar-refractivity contribution in [1.29, 1.82) is 0 Å². The normalized spacial score (nSPS) is 10.4. The SMILES string of the molecule is O=C(O)c1[nH]cnc1-c1cc(F)ccc1F. The van der Waals surface area contributed by atoms with Gasteiger partial charge >= 0.3 is 5.97 Å². The molecule has 0 bridgehead atoms. The molecule has 0 fully saturated rings. The van der Waals surface area contributed by atoms with E-state index < -0.39 is 17.6 Å². The number of benzene rings is 1. The lowest BCUT2D eigenvalue weighted by atomic mass is 10.1. The van der Waals surface area contributed by atoms with Crippen LogP contribution in [0.3, 0.4) is 0 Å². The number of H-pyrrole nitrogens is 1. The van der Waals surface area contributed by atoms with Crippen molar-refractivity contribution >= 4 is 5.97 Å². The van der Waals surface area contributed by atoms with E-state index in [0.29, 0.717) is 0 Å². The number of nitrogens with zero attached hydrogens (tertiary/aromatic N) is 1. The highest BCUT2D eigenvalue weighted by Crippen LogP contribution is 2.24. The van der Waals surface area contributed by atoms with Gasteiger partial charge in [-0.3, -0.25) is 0 Å². The molecule has 0 spiro atoms. The third-order valence-corrected chi connectivity index (χ3v) is 2.04. The summed E-state index contributed by atoms with van der Waals surface area (Å²) in [4.78, 5) is 16.8. The van der Waals surface area contributed by atoms with Crippen molar-refractivity contribution in [1.82, 2.24) is 9.97 Å². The maximum absolute atomic E-state index is 13.4. The number of nitrogens with one attached hydrogen (secondary N) is 1. The van der Waals surface area contributed by atoms with Crippen LogP contribution >= 0.6 is 0 Å². The number of halogens is 2. The zero-order chi connectivity index (χ0) is 11.7. The van der Waals surface area contributed by atoms with Gasteiger partial charge in [-0.05, 0) is 18.2 Å². The van der Waals surface area contributed by atoms with E-state index in [1.165, 1.54) is 0 Å². The fourth-order valence-corrected chi connectivity index (χ4v) is 1.34. The number of carboxylic acid groups (broad SMARTS) is 1. The molecule has 0 amide bonds. The van der Waals surface area contributed by atoms with Gasteiger partial charge in [0.25, 0.3) is 0 Å². The molecule has 1 aromatic carbocycles. The van der Waals surface area contributed by atoms with E-state index in [-0.39, 0.29) is 17.0 Å². The lowest BCUT2D eigenvalue weighted by molar-refractivity contribution is 0.0692. The van der Waals surface area contributed by atoms with Crippen LogP contribution in [0.4, 0.5) is 8.78 Å². The summed E-state index contributed by atoms with van der Waals surface area (Å²) < 4.78 is 26.3. The Morgan fingerprint density at radius 3 is 2.81 bits per heavy atom. The van der Waals surface area contributed by atoms with E-state index in [9.17, 15) is 13.6 Å². The van der Waals surface area contributed by atoms with Crippen LogP contribution in [-0.4, -0.2) is 21.0 Å². The predicted octanol–water partition coefficient (Wildman–Crippen LogP) is 2.05. The van der Waals surface area contributed by atoms with Crippen LogP contribution in [0.15, 0.2) is 24.5 Å². The van der Waals surface area contributed by atoms with Gasteiger partial charge in [-0.25, -0.2) is 18.6 Å². The Morgan fingerprint density at radius 1 is 1.38 bits per heavy atom. The second kappa shape index (κ2) is 3.73. The summed E-state index contributed by atoms with van der Waals surface area (Å²) >= 11 is 0. The number of rotatable bonds is 2. The van der Waals surface area contributed by atoms with Crippen LogP contribution in [0.2, 0.25) is 0 Å². The molecule has 2 aromatic rings. The second-order valence-electron chi connectivity index (χ2n) is 3.06. The zero-order valence-corrected chi connectivity index (χ0v) is 7.87. The van der Waals surface area contributed by atoms with Gasteiger partial charge in [-0.1, -0.05) is 0 Å². The van der Waals surface area contributed by atoms with Gasteiger partial charge in [0.2, 0.25) is 0 Å². The molecule has 0 aliphatic carbocycles. The fraction of sp³-hybridized carbons (Fsp3) is 0. The van der Waals surface area contributed by atoms with Crippen LogP contribution in [-0.2, 0) is 0 Å². The number of hydrogen-bond acceptors (Lipinski definition) is 2. The minimum absolute atomic E-state index is 0.121. The number of aromatic amines is 1. The first kappa shape index (κ1) is 10.3. The molecule has 0 aliphatic rings. The van der Waals surface area contributed by atoms with Crippen molar-refractivity contribution in [2.45, 2.75) is 0 Å². The molecule has 1 aromatic heterocycles. The number of aromatic carboxylic acids is 1. The first-order valence-corrected chi connectivity index (χ1v) is 4.31. The molecule has 0 saturated carbocycles. The summed E-state index contributed by atoms with van der Waals surface area (Å²) in [5, 5.41) is 8.79. The molecule has 82 valence electrons. The predicted molar refractivity (Wildman–Crippen MR) is 50.9 cm³/mol. The minimum atomic E-state index is -1.28. The molecule has 0 radical (unpaired) electrons. The largest absolute Gasteiger partial charge is 0.477 e. The van der Waals surface area contributed by atoms with Crippen molar-refractivity contribution in [3.05, 3.63) is 41.9 Å². The Labute approximate surface area is 88.6 Å². The first-order chi connectivity index (χ1) is 7.59. The van der Waals surface area contributed by atoms with E-state index in [2.05, 4.69) is 9.97 Å². The number of imidazole rings is 1. The molecule has 2 rings (SSSR count). The minimum Gasteiger partial charge on any atom is -0.477 e. The molecular formula is C10H6F2N2O2. The summed E-state index contributed by atoms with van der Waals surface area (Å²) in [6.07, 6.45) is 1.11. The van der Waals surface area contributed by atoms with E-state index in [4.69, 9.17) is 5.11 Å². The molecule has 0 saturated heterocycles. The monoisotopic (exact) mass is 224 g/mol. The summed E-state index contributed by atoms with van der Waals surface area (Å²) in [5.41, 5.74) is -0.576. The standard InChI is InChI=1S/C10H6F2N2O2/c11-5-1-2-7(12)6(3-5)8-9(10(15)16)14-4-13-8/h1-4H,(H,13,14)(H,15,16). The number of carbonyl (C=O) groups is 1. The van der Waals surface area contributed by atoms with Gasteiger partial charge in [0.1, 0.15) is 17.3 Å². The first-order valence-electron chi connectivity index (χ1n) is 4.31. The highest BCUT2D eigenvalue weighted by atomic mass is 19.1. The smallest absolute Gasteiger partial charge is 0.354 e. The number of aromatic nitrogens is 2. The Hall–Kier alpha value is -2.24. The molecule has 16 heavy (non-hydrogen) atoms. The van der Waals surface area contributed by atoms with Crippen molar-refractivity contribution in [2.24, 2.45) is 0 Å². The van der Waals surface area contributed by atoms with Crippen LogP contribution in [0, 0.1) is 11.6 Å². The van der Waals surface area contributed by atoms with Crippen molar-refractivity contribution in [2.75, 3.05) is 0 Å². The van der Waals surface area contributed by atoms with Crippen LogP contribution in [0.25, 0.3) is 11.3 Å². The van der Waals surface area contributed by atoms with Crippen molar-refractivity contribution < 1.29 is 18.7 Å². The molecular weight excluding hydrogens is 218 g/mol. The van der Waals surface area contributed by atoms with E-state index in [0.717, 1.165) is 24.5 Å². The van der Waals surface area contributed by atoms with Crippen LogP contribution in [0.5, 0.6) is 0 Å². The third-order valence-electron chi connectivity index (χ3n) is 2.04. The Morgan fingerprint density at radius 2 is 2.12 bits per heavy atom. The van der Waals surface area contributed by atoms with E-state index in [1.807, 2.05) is 0 Å². The molecule has 0 aliphatic heterocycles. The lowest BCUT2D eigenvalue weighted by Crippen LogP contribution is -2.00. The average molecular weight is 224 g/mol. The Bertz CT molecular complexity index is 552.